The van der Waals surface area contributed by atoms with Crippen LogP contribution in [-0.2, 0) is 36.9 Å². The van der Waals surface area contributed by atoms with Gasteiger partial charge in [0, 0.05) is 0 Å². The molecule has 7 heteroatoms. The molecule has 2 aliphatic rings. The summed E-state index contributed by atoms with van der Waals surface area (Å²) in [6, 6.07) is 19.2. The molecule has 7 nitrogen and oxygen atoms in total. The summed E-state index contributed by atoms with van der Waals surface area (Å²) in [5.74, 6) is 0. The molecule has 5 atom stereocenters. The molecule has 2 aromatic carbocycles. The molecular formula is C21H22O7. The van der Waals surface area contributed by atoms with Gasteiger partial charge in [-0.15, -0.1) is 0 Å². The Morgan fingerprint density at radius 3 is 2.11 bits per heavy atom. The molecule has 1 unspecified atom stereocenters. The van der Waals surface area contributed by atoms with Gasteiger partial charge in [0.2, 0.25) is 0 Å². The van der Waals surface area contributed by atoms with Crippen LogP contribution >= 0.6 is 0 Å². The summed E-state index contributed by atoms with van der Waals surface area (Å²) in [4.78, 5) is 11.3. The summed E-state index contributed by atoms with van der Waals surface area (Å²) in [6.07, 6.45) is -4.75. The monoisotopic (exact) mass is 386 g/mol. The fourth-order valence-corrected chi connectivity index (χ4v) is 3.32. The number of aliphatic hydroxyl groups is 1. The fraction of sp³-hybridized carbons (Fsp3) is 0.381. The van der Waals surface area contributed by atoms with Gasteiger partial charge in [0.25, 0.3) is 0 Å². The third-order valence-electron chi connectivity index (χ3n) is 4.75. The second-order valence-corrected chi connectivity index (χ2v) is 6.73. The molecule has 0 aliphatic carbocycles. The summed E-state index contributed by atoms with van der Waals surface area (Å²) in [6.45, 7) is 0.615. The van der Waals surface area contributed by atoms with Gasteiger partial charge in [-0.25, -0.2) is 4.79 Å². The molecule has 0 bridgehead atoms. The van der Waals surface area contributed by atoms with E-state index in [1.54, 1.807) is 0 Å². The van der Waals surface area contributed by atoms with Crippen molar-refractivity contribution in [2.24, 2.45) is 0 Å². The smallest absolute Gasteiger partial charge is 0.430 e. The first-order valence-electron chi connectivity index (χ1n) is 9.19. The molecule has 1 N–H and O–H groups in total. The summed E-state index contributed by atoms with van der Waals surface area (Å²) in [5.41, 5.74) is 1.92. The Hall–Kier alpha value is -2.45. The van der Waals surface area contributed by atoms with E-state index in [-0.39, 0.29) is 19.8 Å². The lowest BCUT2D eigenvalue weighted by atomic mass is 10.1. The molecule has 0 amide bonds. The first kappa shape index (κ1) is 18.9. The van der Waals surface area contributed by atoms with Crippen LogP contribution in [0.15, 0.2) is 60.7 Å². The second kappa shape index (κ2) is 8.70. The Morgan fingerprint density at radius 2 is 1.54 bits per heavy atom. The number of aliphatic hydroxyl groups excluding tert-OH is 1. The standard InChI is InChI=1S/C21H22O7/c22-17-19(24-11-14-7-3-1-4-8-14)18(16-13-26-21(23)27-16)28-20(17)25-12-15-9-5-2-6-10-15/h1-10,16-20,22H,11-13H2/t16-,17?,18-,19+,20-/m1/s1. The van der Waals surface area contributed by atoms with Crippen molar-refractivity contribution in [3.05, 3.63) is 71.8 Å². The maximum Gasteiger partial charge on any atom is 0.508 e. The quantitative estimate of drug-likeness (QED) is 0.732. The van der Waals surface area contributed by atoms with Gasteiger partial charge in [0.05, 0.1) is 13.2 Å². The number of ether oxygens (including phenoxy) is 5. The number of carbonyl (C=O) groups excluding carboxylic acids is 1. The van der Waals surface area contributed by atoms with E-state index in [2.05, 4.69) is 0 Å². The predicted octanol–water partition coefficient (Wildman–Crippen LogP) is 2.41. The van der Waals surface area contributed by atoms with Crippen LogP contribution in [-0.4, -0.2) is 48.6 Å². The van der Waals surface area contributed by atoms with Crippen LogP contribution < -0.4 is 0 Å². The minimum atomic E-state index is -1.03. The third-order valence-corrected chi connectivity index (χ3v) is 4.75. The lowest BCUT2D eigenvalue weighted by Crippen LogP contribution is -2.42. The Labute approximate surface area is 162 Å². The highest BCUT2D eigenvalue weighted by Gasteiger charge is 2.51. The largest absolute Gasteiger partial charge is 0.508 e. The SMILES string of the molecule is O=C1OC[C@H]([C@H]2O[C@@H](OCc3ccccc3)C(O)[C@@H]2OCc2ccccc2)O1. The van der Waals surface area contributed by atoms with E-state index in [1.165, 1.54) is 0 Å². The van der Waals surface area contributed by atoms with Gasteiger partial charge in [-0.1, -0.05) is 60.7 Å². The van der Waals surface area contributed by atoms with Crippen molar-refractivity contribution < 1.29 is 33.6 Å². The molecule has 4 rings (SSSR count). The van der Waals surface area contributed by atoms with Gasteiger partial charge in [0.1, 0.15) is 24.9 Å². The highest BCUT2D eigenvalue weighted by Crippen LogP contribution is 2.31. The van der Waals surface area contributed by atoms with Crippen LogP contribution in [0.2, 0.25) is 0 Å². The Bertz CT molecular complexity index is 767. The summed E-state index contributed by atoms with van der Waals surface area (Å²) in [7, 11) is 0. The predicted molar refractivity (Wildman–Crippen MR) is 97.1 cm³/mol. The number of benzene rings is 2. The van der Waals surface area contributed by atoms with Crippen molar-refractivity contribution >= 4 is 6.16 Å². The van der Waals surface area contributed by atoms with E-state index >= 15 is 0 Å². The van der Waals surface area contributed by atoms with Crippen molar-refractivity contribution in [1.29, 1.82) is 0 Å². The van der Waals surface area contributed by atoms with Gasteiger partial charge in [-0.2, -0.15) is 0 Å². The molecule has 2 aliphatic heterocycles. The van der Waals surface area contributed by atoms with Crippen LogP contribution in [0.25, 0.3) is 0 Å². The molecule has 0 spiro atoms. The van der Waals surface area contributed by atoms with Crippen LogP contribution in [0, 0.1) is 0 Å². The van der Waals surface area contributed by atoms with Gasteiger partial charge < -0.3 is 28.8 Å². The van der Waals surface area contributed by atoms with Crippen molar-refractivity contribution in [3.8, 4) is 0 Å². The minimum absolute atomic E-state index is 0.0484. The lowest BCUT2D eigenvalue weighted by Gasteiger charge is -2.23. The van der Waals surface area contributed by atoms with Crippen LogP contribution in [0.3, 0.4) is 0 Å². The summed E-state index contributed by atoms with van der Waals surface area (Å²) < 4.78 is 27.6. The van der Waals surface area contributed by atoms with E-state index < -0.39 is 36.9 Å². The van der Waals surface area contributed by atoms with E-state index in [4.69, 9.17) is 23.7 Å². The molecule has 0 saturated carbocycles. The highest BCUT2D eigenvalue weighted by atomic mass is 16.8. The van der Waals surface area contributed by atoms with Crippen molar-refractivity contribution in [2.75, 3.05) is 6.61 Å². The molecule has 28 heavy (non-hydrogen) atoms. The van der Waals surface area contributed by atoms with Crippen LogP contribution in [0.4, 0.5) is 4.79 Å². The number of rotatable bonds is 7. The molecule has 2 fully saturated rings. The topological polar surface area (TPSA) is 83.5 Å². The average Bonchev–Trinajstić information content (AvgIpc) is 3.29. The molecule has 0 radical (unpaired) electrons. The highest BCUT2D eigenvalue weighted by molar-refractivity contribution is 5.62. The van der Waals surface area contributed by atoms with Gasteiger partial charge in [-0.05, 0) is 11.1 Å². The maximum atomic E-state index is 11.3. The molecular weight excluding hydrogens is 364 g/mol. The molecule has 2 saturated heterocycles. The third kappa shape index (κ3) is 4.34. The Kier molecular flexibility index (Phi) is 5.87. The lowest BCUT2D eigenvalue weighted by molar-refractivity contribution is -0.181. The first-order valence-corrected chi connectivity index (χ1v) is 9.19. The Balaban J connectivity index is 1.43. The van der Waals surface area contributed by atoms with E-state index in [0.29, 0.717) is 0 Å². The molecule has 148 valence electrons. The normalized spacial score (nSPS) is 29.5. The zero-order valence-electron chi connectivity index (χ0n) is 15.2. The van der Waals surface area contributed by atoms with Crippen LogP contribution in [0.1, 0.15) is 11.1 Å². The molecule has 2 aromatic rings. The Morgan fingerprint density at radius 1 is 0.929 bits per heavy atom. The fourth-order valence-electron chi connectivity index (χ4n) is 3.32. The van der Waals surface area contributed by atoms with Gasteiger partial charge in [0.15, 0.2) is 12.4 Å². The zero-order valence-corrected chi connectivity index (χ0v) is 15.2. The number of hydrogen-bond donors (Lipinski definition) is 1. The van der Waals surface area contributed by atoms with Gasteiger partial charge in [-0.3, -0.25) is 0 Å². The summed E-state index contributed by atoms with van der Waals surface area (Å²) in [5, 5.41) is 10.7. The number of hydrogen-bond acceptors (Lipinski definition) is 7. The van der Waals surface area contributed by atoms with E-state index in [9.17, 15) is 9.90 Å². The van der Waals surface area contributed by atoms with Gasteiger partial charge >= 0.3 is 6.16 Å². The average molecular weight is 386 g/mol. The first-order chi connectivity index (χ1) is 13.7. The number of carbonyl (C=O) groups is 1. The number of cyclic esters (lactones) is 2. The second-order valence-electron chi connectivity index (χ2n) is 6.73. The van der Waals surface area contributed by atoms with Crippen molar-refractivity contribution in [1.82, 2.24) is 0 Å². The molecule has 0 aromatic heterocycles. The maximum absolute atomic E-state index is 11.3. The van der Waals surface area contributed by atoms with Crippen LogP contribution in [0.5, 0.6) is 0 Å². The minimum Gasteiger partial charge on any atom is -0.430 e. The van der Waals surface area contributed by atoms with E-state index in [1.807, 2.05) is 60.7 Å². The summed E-state index contributed by atoms with van der Waals surface area (Å²) >= 11 is 0. The van der Waals surface area contributed by atoms with Crippen molar-refractivity contribution in [2.45, 2.75) is 43.9 Å². The molecule has 2 heterocycles. The van der Waals surface area contributed by atoms with Crippen molar-refractivity contribution in [3.63, 3.8) is 0 Å². The zero-order chi connectivity index (χ0) is 19.3. The van der Waals surface area contributed by atoms with E-state index in [0.717, 1.165) is 11.1 Å².